The SMILES string of the molecule is CC(C[N+](=O)[O-])(c1ccccc1)C(C)(C)[N+](=O)[O-]. The highest BCUT2D eigenvalue weighted by atomic mass is 16.6. The third-order valence-corrected chi connectivity index (χ3v) is 3.66. The van der Waals surface area contributed by atoms with Crippen molar-refractivity contribution in [2.75, 3.05) is 6.54 Å². The molecule has 0 aliphatic rings. The number of nitro groups is 2. The molecule has 0 amide bonds. The standard InChI is InChI=1S/C12H16N2O4/c1-11(2,14(17)18)12(3,9-13(15)16)10-7-5-4-6-8-10/h4-8H,9H2,1-3H3. The third kappa shape index (κ3) is 2.32. The highest BCUT2D eigenvalue weighted by molar-refractivity contribution is 5.28. The maximum absolute atomic E-state index is 11.2. The van der Waals surface area contributed by atoms with Crippen molar-refractivity contribution >= 4 is 0 Å². The van der Waals surface area contributed by atoms with Crippen LogP contribution in [0.4, 0.5) is 0 Å². The summed E-state index contributed by atoms with van der Waals surface area (Å²) in [5, 5.41) is 22.0. The minimum absolute atomic E-state index is 0.455. The first-order chi connectivity index (χ1) is 8.22. The van der Waals surface area contributed by atoms with Crippen LogP contribution in [0.3, 0.4) is 0 Å². The summed E-state index contributed by atoms with van der Waals surface area (Å²) < 4.78 is 0. The molecule has 0 N–H and O–H groups in total. The molecular formula is C12H16N2O4. The Bertz CT molecular complexity index is 458. The molecule has 0 heterocycles. The Morgan fingerprint density at radius 1 is 1.06 bits per heavy atom. The maximum atomic E-state index is 11.2. The molecular weight excluding hydrogens is 236 g/mol. The van der Waals surface area contributed by atoms with E-state index in [2.05, 4.69) is 0 Å². The van der Waals surface area contributed by atoms with Crippen LogP contribution in [-0.4, -0.2) is 21.9 Å². The van der Waals surface area contributed by atoms with E-state index >= 15 is 0 Å². The van der Waals surface area contributed by atoms with Gasteiger partial charge in [0.15, 0.2) is 0 Å². The molecule has 1 rings (SSSR count). The van der Waals surface area contributed by atoms with Gasteiger partial charge in [0.1, 0.15) is 5.41 Å². The van der Waals surface area contributed by atoms with Crippen molar-refractivity contribution in [3.8, 4) is 0 Å². The van der Waals surface area contributed by atoms with Crippen LogP contribution < -0.4 is 0 Å². The largest absolute Gasteiger partial charge is 0.265 e. The Morgan fingerprint density at radius 3 is 1.94 bits per heavy atom. The van der Waals surface area contributed by atoms with E-state index in [-0.39, 0.29) is 0 Å². The van der Waals surface area contributed by atoms with E-state index in [1.807, 2.05) is 0 Å². The van der Waals surface area contributed by atoms with Crippen molar-refractivity contribution in [1.29, 1.82) is 0 Å². The van der Waals surface area contributed by atoms with Gasteiger partial charge in [0.25, 0.3) is 0 Å². The molecule has 98 valence electrons. The summed E-state index contributed by atoms with van der Waals surface area (Å²) in [4.78, 5) is 21.1. The molecule has 0 bridgehead atoms. The zero-order valence-corrected chi connectivity index (χ0v) is 10.6. The lowest BCUT2D eigenvalue weighted by Gasteiger charge is -2.34. The van der Waals surface area contributed by atoms with Gasteiger partial charge < -0.3 is 0 Å². The van der Waals surface area contributed by atoms with Gasteiger partial charge in [-0.3, -0.25) is 20.2 Å². The van der Waals surface area contributed by atoms with Crippen molar-refractivity contribution in [2.24, 2.45) is 0 Å². The molecule has 0 saturated carbocycles. The lowest BCUT2D eigenvalue weighted by atomic mass is 9.68. The first-order valence-electron chi connectivity index (χ1n) is 5.53. The molecule has 6 nitrogen and oxygen atoms in total. The number of hydrogen-bond donors (Lipinski definition) is 0. The highest BCUT2D eigenvalue weighted by Gasteiger charge is 2.55. The molecule has 0 aliphatic heterocycles. The number of hydrogen-bond acceptors (Lipinski definition) is 4. The number of nitrogens with zero attached hydrogens (tertiary/aromatic N) is 2. The summed E-state index contributed by atoms with van der Waals surface area (Å²) in [6.45, 7) is 3.92. The second kappa shape index (κ2) is 4.72. The van der Waals surface area contributed by atoms with Crippen LogP contribution >= 0.6 is 0 Å². The quantitative estimate of drug-likeness (QED) is 0.594. The van der Waals surface area contributed by atoms with E-state index in [0.717, 1.165) is 0 Å². The van der Waals surface area contributed by atoms with Gasteiger partial charge >= 0.3 is 0 Å². The summed E-state index contributed by atoms with van der Waals surface area (Å²) in [6, 6.07) is 8.60. The fourth-order valence-electron chi connectivity index (χ4n) is 1.90. The Hall–Kier alpha value is -1.98. The summed E-state index contributed by atoms with van der Waals surface area (Å²) in [7, 11) is 0. The van der Waals surface area contributed by atoms with Gasteiger partial charge in [0.05, 0.1) is 0 Å². The molecule has 0 spiro atoms. The molecule has 1 aromatic carbocycles. The second-order valence-corrected chi connectivity index (χ2v) is 5.01. The lowest BCUT2D eigenvalue weighted by Crippen LogP contribution is -2.54. The minimum Gasteiger partial charge on any atom is -0.265 e. The highest BCUT2D eigenvalue weighted by Crippen LogP contribution is 2.37. The summed E-state index contributed by atoms with van der Waals surface area (Å²) in [5.41, 5.74) is -1.99. The van der Waals surface area contributed by atoms with Gasteiger partial charge in [-0.1, -0.05) is 30.3 Å². The molecule has 1 atom stereocenters. The summed E-state index contributed by atoms with van der Waals surface area (Å²) in [5.74, 6) is 0. The van der Waals surface area contributed by atoms with Gasteiger partial charge in [0, 0.05) is 23.7 Å². The third-order valence-electron chi connectivity index (χ3n) is 3.66. The monoisotopic (exact) mass is 252 g/mol. The van der Waals surface area contributed by atoms with Gasteiger partial charge in [-0.25, -0.2) is 0 Å². The number of benzene rings is 1. The maximum Gasteiger partial charge on any atom is 0.232 e. The topological polar surface area (TPSA) is 86.3 Å². The zero-order chi connectivity index (χ0) is 14.0. The van der Waals surface area contributed by atoms with Crippen LogP contribution in [0.5, 0.6) is 0 Å². The van der Waals surface area contributed by atoms with E-state index in [0.29, 0.717) is 5.56 Å². The van der Waals surface area contributed by atoms with E-state index in [1.165, 1.54) is 13.8 Å². The van der Waals surface area contributed by atoms with Gasteiger partial charge in [0.2, 0.25) is 12.1 Å². The Kier molecular flexibility index (Phi) is 3.69. The first-order valence-corrected chi connectivity index (χ1v) is 5.53. The van der Waals surface area contributed by atoms with Crippen LogP contribution in [0, 0.1) is 20.2 Å². The molecule has 1 aromatic rings. The summed E-state index contributed by atoms with van der Waals surface area (Å²) >= 11 is 0. The molecule has 0 radical (unpaired) electrons. The number of rotatable bonds is 5. The van der Waals surface area contributed by atoms with E-state index in [1.54, 1.807) is 37.3 Å². The van der Waals surface area contributed by atoms with E-state index in [9.17, 15) is 20.2 Å². The molecule has 0 aromatic heterocycles. The molecule has 18 heavy (non-hydrogen) atoms. The Morgan fingerprint density at radius 2 is 1.56 bits per heavy atom. The van der Waals surface area contributed by atoms with Crippen molar-refractivity contribution < 1.29 is 9.85 Å². The molecule has 6 heteroatoms. The van der Waals surface area contributed by atoms with E-state index < -0.39 is 27.3 Å². The smallest absolute Gasteiger partial charge is 0.232 e. The zero-order valence-electron chi connectivity index (χ0n) is 10.6. The predicted octanol–water partition coefficient (Wildman–Crippen LogP) is 2.28. The van der Waals surface area contributed by atoms with Gasteiger partial charge in [-0.05, 0) is 12.5 Å². The normalized spacial score (nSPS) is 14.8. The van der Waals surface area contributed by atoms with Crippen LogP contribution in [0.15, 0.2) is 30.3 Å². The predicted molar refractivity (Wildman–Crippen MR) is 66.7 cm³/mol. The van der Waals surface area contributed by atoms with Crippen molar-refractivity contribution in [3.05, 3.63) is 56.1 Å². The van der Waals surface area contributed by atoms with Crippen molar-refractivity contribution in [3.63, 3.8) is 0 Å². The average molecular weight is 252 g/mol. The minimum atomic E-state index is -1.43. The van der Waals surface area contributed by atoms with Crippen LogP contribution in [0.25, 0.3) is 0 Å². The molecule has 0 fully saturated rings. The van der Waals surface area contributed by atoms with Crippen LogP contribution in [0.1, 0.15) is 26.3 Å². The van der Waals surface area contributed by atoms with Gasteiger partial charge in [-0.2, -0.15) is 0 Å². The van der Waals surface area contributed by atoms with E-state index in [4.69, 9.17) is 0 Å². The van der Waals surface area contributed by atoms with Crippen molar-refractivity contribution in [2.45, 2.75) is 31.7 Å². The summed E-state index contributed by atoms with van der Waals surface area (Å²) in [6.07, 6.45) is 0. The average Bonchev–Trinajstić information content (AvgIpc) is 2.28. The lowest BCUT2D eigenvalue weighted by molar-refractivity contribution is -0.591. The molecule has 1 unspecified atom stereocenters. The fraction of sp³-hybridized carbons (Fsp3) is 0.500. The van der Waals surface area contributed by atoms with Crippen LogP contribution in [0.2, 0.25) is 0 Å². The first kappa shape index (κ1) is 14.1. The second-order valence-electron chi connectivity index (χ2n) is 5.01. The fourth-order valence-corrected chi connectivity index (χ4v) is 1.90. The molecule has 0 saturated heterocycles. The Labute approximate surface area is 105 Å². The van der Waals surface area contributed by atoms with Crippen molar-refractivity contribution in [1.82, 2.24) is 0 Å². The van der Waals surface area contributed by atoms with Crippen LogP contribution in [-0.2, 0) is 5.41 Å². The van der Waals surface area contributed by atoms with Gasteiger partial charge in [-0.15, -0.1) is 0 Å². The molecule has 0 aliphatic carbocycles. The Balaban J connectivity index is 3.36.